The van der Waals surface area contributed by atoms with Crippen LogP contribution < -0.4 is 14.8 Å². The molecule has 1 aromatic carbocycles. The van der Waals surface area contributed by atoms with Crippen LogP contribution in [-0.4, -0.2) is 26.3 Å². The minimum Gasteiger partial charge on any atom is -0.496 e. The highest BCUT2D eigenvalue weighted by atomic mass is 16.5. The van der Waals surface area contributed by atoms with Crippen molar-refractivity contribution in [1.29, 1.82) is 0 Å². The second-order valence-corrected chi connectivity index (χ2v) is 6.46. The second-order valence-electron chi connectivity index (χ2n) is 6.46. The van der Waals surface area contributed by atoms with Crippen LogP contribution in [0.25, 0.3) is 0 Å². The average Bonchev–Trinajstić information content (AvgIpc) is 2.80. The molecule has 0 aromatic heterocycles. The molecule has 1 aliphatic rings. The fourth-order valence-corrected chi connectivity index (χ4v) is 2.82. The summed E-state index contributed by atoms with van der Waals surface area (Å²) in [5, 5.41) is 3.49. The number of fused-ring (bicyclic) bond motifs is 1. The number of aryl methyl sites for hydroxylation is 1. The lowest BCUT2D eigenvalue weighted by molar-refractivity contribution is 0.254. The van der Waals surface area contributed by atoms with Gasteiger partial charge in [0.2, 0.25) is 0 Å². The second kappa shape index (κ2) is 7.69. The van der Waals surface area contributed by atoms with Gasteiger partial charge in [-0.05, 0) is 62.9 Å². The highest BCUT2D eigenvalue weighted by Gasteiger charge is 2.21. The van der Waals surface area contributed by atoms with Gasteiger partial charge in [-0.25, -0.2) is 0 Å². The summed E-state index contributed by atoms with van der Waals surface area (Å²) in [7, 11) is 1.76. The molecule has 0 spiro atoms. The Morgan fingerprint density at radius 2 is 2.14 bits per heavy atom. The summed E-state index contributed by atoms with van der Waals surface area (Å²) in [6, 6.07) is 4.34. The maximum Gasteiger partial charge on any atom is 0.123 e. The van der Waals surface area contributed by atoms with Crippen LogP contribution in [0.3, 0.4) is 0 Å². The van der Waals surface area contributed by atoms with Crippen molar-refractivity contribution in [2.24, 2.45) is 5.92 Å². The molecule has 1 aliphatic heterocycles. The van der Waals surface area contributed by atoms with Gasteiger partial charge in [-0.1, -0.05) is 13.8 Å². The first kappa shape index (κ1) is 16.2. The zero-order chi connectivity index (χ0) is 15.2. The standard InChI is InChI=1S/C18H29NO2/c1-13(2)12-19-8-6-5-7-15-10-18-16(9-14(3)21-18)11-17(15)20-4/h10-11,13-14,19H,5-9,12H2,1-4H3. The van der Waals surface area contributed by atoms with E-state index in [2.05, 4.69) is 38.2 Å². The summed E-state index contributed by atoms with van der Waals surface area (Å²) < 4.78 is 11.4. The smallest absolute Gasteiger partial charge is 0.123 e. The van der Waals surface area contributed by atoms with Crippen molar-refractivity contribution in [2.45, 2.75) is 52.6 Å². The Labute approximate surface area is 129 Å². The summed E-state index contributed by atoms with van der Waals surface area (Å²) in [5.74, 6) is 2.79. The summed E-state index contributed by atoms with van der Waals surface area (Å²) in [6.45, 7) is 8.80. The molecular formula is C18H29NO2. The van der Waals surface area contributed by atoms with E-state index >= 15 is 0 Å². The molecule has 1 aromatic rings. The predicted molar refractivity (Wildman–Crippen MR) is 87.4 cm³/mol. The average molecular weight is 291 g/mol. The molecule has 2 rings (SSSR count). The molecule has 0 radical (unpaired) electrons. The molecule has 0 fully saturated rings. The lowest BCUT2D eigenvalue weighted by Gasteiger charge is -2.11. The first-order valence-corrected chi connectivity index (χ1v) is 8.17. The van der Waals surface area contributed by atoms with Gasteiger partial charge >= 0.3 is 0 Å². The molecular weight excluding hydrogens is 262 g/mol. The van der Waals surface area contributed by atoms with Crippen molar-refractivity contribution < 1.29 is 9.47 Å². The van der Waals surface area contributed by atoms with Gasteiger partial charge in [0, 0.05) is 12.0 Å². The van der Waals surface area contributed by atoms with Crippen LogP contribution in [0.4, 0.5) is 0 Å². The van der Waals surface area contributed by atoms with E-state index in [0.29, 0.717) is 6.10 Å². The number of nitrogens with one attached hydrogen (secondary N) is 1. The van der Waals surface area contributed by atoms with Crippen LogP contribution in [0.2, 0.25) is 0 Å². The monoisotopic (exact) mass is 291 g/mol. The lowest BCUT2D eigenvalue weighted by atomic mass is 10.0. The van der Waals surface area contributed by atoms with Gasteiger partial charge < -0.3 is 14.8 Å². The maximum atomic E-state index is 5.85. The number of unbranched alkanes of at least 4 members (excludes halogenated alkanes) is 1. The molecule has 1 unspecified atom stereocenters. The normalized spacial score (nSPS) is 16.9. The fraction of sp³-hybridized carbons (Fsp3) is 0.667. The molecule has 1 N–H and O–H groups in total. The van der Waals surface area contributed by atoms with E-state index in [4.69, 9.17) is 9.47 Å². The number of benzene rings is 1. The zero-order valence-electron chi connectivity index (χ0n) is 13.9. The van der Waals surface area contributed by atoms with Crippen molar-refractivity contribution in [3.05, 3.63) is 23.3 Å². The topological polar surface area (TPSA) is 30.5 Å². The first-order chi connectivity index (χ1) is 10.1. The van der Waals surface area contributed by atoms with Crippen molar-refractivity contribution in [2.75, 3.05) is 20.2 Å². The van der Waals surface area contributed by atoms with Crippen LogP contribution in [0.5, 0.6) is 11.5 Å². The van der Waals surface area contributed by atoms with Crippen molar-refractivity contribution >= 4 is 0 Å². The maximum absolute atomic E-state index is 5.85. The first-order valence-electron chi connectivity index (χ1n) is 8.17. The Morgan fingerprint density at radius 3 is 2.86 bits per heavy atom. The van der Waals surface area contributed by atoms with E-state index in [1.807, 2.05) is 0 Å². The summed E-state index contributed by atoms with van der Waals surface area (Å²) in [5.41, 5.74) is 2.55. The largest absolute Gasteiger partial charge is 0.496 e. The molecule has 1 heterocycles. The van der Waals surface area contributed by atoms with Gasteiger partial charge in [0.05, 0.1) is 7.11 Å². The van der Waals surface area contributed by atoms with E-state index in [0.717, 1.165) is 43.3 Å². The van der Waals surface area contributed by atoms with Gasteiger partial charge in [0.1, 0.15) is 17.6 Å². The molecule has 21 heavy (non-hydrogen) atoms. The molecule has 3 nitrogen and oxygen atoms in total. The molecule has 0 saturated heterocycles. The van der Waals surface area contributed by atoms with E-state index < -0.39 is 0 Å². The Kier molecular flexibility index (Phi) is 5.92. The molecule has 118 valence electrons. The third-order valence-electron chi connectivity index (χ3n) is 3.90. The molecule has 0 amide bonds. The van der Waals surface area contributed by atoms with E-state index in [1.54, 1.807) is 7.11 Å². The number of ether oxygens (including phenoxy) is 2. The Morgan fingerprint density at radius 1 is 1.33 bits per heavy atom. The van der Waals surface area contributed by atoms with Gasteiger partial charge in [-0.3, -0.25) is 0 Å². The third kappa shape index (κ3) is 4.63. The highest BCUT2D eigenvalue weighted by molar-refractivity contribution is 5.48. The van der Waals surface area contributed by atoms with Crippen LogP contribution >= 0.6 is 0 Å². The molecule has 0 saturated carbocycles. The number of methoxy groups -OCH3 is 1. The summed E-state index contributed by atoms with van der Waals surface area (Å²) in [6.07, 6.45) is 4.71. The molecule has 1 atom stereocenters. The lowest BCUT2D eigenvalue weighted by Crippen LogP contribution is -2.20. The molecule has 0 bridgehead atoms. The minimum atomic E-state index is 0.292. The minimum absolute atomic E-state index is 0.292. The van der Waals surface area contributed by atoms with Crippen molar-refractivity contribution in [1.82, 2.24) is 5.32 Å². The van der Waals surface area contributed by atoms with Crippen molar-refractivity contribution in [3.63, 3.8) is 0 Å². The zero-order valence-corrected chi connectivity index (χ0v) is 13.9. The van der Waals surface area contributed by atoms with E-state index in [9.17, 15) is 0 Å². The van der Waals surface area contributed by atoms with Gasteiger partial charge in [-0.2, -0.15) is 0 Å². The predicted octanol–water partition coefficient (Wildman–Crippen LogP) is 3.59. The fourth-order valence-electron chi connectivity index (χ4n) is 2.82. The highest BCUT2D eigenvalue weighted by Crippen LogP contribution is 2.35. The summed E-state index contributed by atoms with van der Waals surface area (Å²) >= 11 is 0. The molecule has 3 heteroatoms. The van der Waals surface area contributed by atoms with Crippen molar-refractivity contribution in [3.8, 4) is 11.5 Å². The van der Waals surface area contributed by atoms with Crippen LogP contribution in [0.1, 0.15) is 44.7 Å². The summed E-state index contributed by atoms with van der Waals surface area (Å²) in [4.78, 5) is 0. The number of hydrogen-bond donors (Lipinski definition) is 1. The molecule has 0 aliphatic carbocycles. The van der Waals surface area contributed by atoms with Gasteiger partial charge in [-0.15, -0.1) is 0 Å². The number of hydrogen-bond acceptors (Lipinski definition) is 3. The Bertz CT molecular complexity index is 457. The Hall–Kier alpha value is -1.22. The SMILES string of the molecule is COc1cc2c(cc1CCCCNCC(C)C)OC(C)C2. The van der Waals surface area contributed by atoms with Crippen LogP contribution in [0.15, 0.2) is 12.1 Å². The van der Waals surface area contributed by atoms with E-state index in [1.165, 1.54) is 24.0 Å². The number of rotatable bonds is 8. The van der Waals surface area contributed by atoms with Gasteiger partial charge in [0.25, 0.3) is 0 Å². The van der Waals surface area contributed by atoms with Gasteiger partial charge in [0.15, 0.2) is 0 Å². The van der Waals surface area contributed by atoms with Crippen LogP contribution in [0, 0.1) is 5.92 Å². The Balaban J connectivity index is 1.84. The van der Waals surface area contributed by atoms with Crippen LogP contribution in [-0.2, 0) is 12.8 Å². The third-order valence-corrected chi connectivity index (χ3v) is 3.90. The quantitative estimate of drug-likeness (QED) is 0.743. The van der Waals surface area contributed by atoms with E-state index in [-0.39, 0.29) is 0 Å².